The van der Waals surface area contributed by atoms with Crippen LogP contribution in [-0.2, 0) is 0 Å². The van der Waals surface area contributed by atoms with Gasteiger partial charge in [-0.05, 0) is 65.8 Å². The molecular weight excluding hydrogens is 344 g/mol. The Morgan fingerprint density at radius 3 is 2.46 bits per heavy atom. The maximum Gasteiger partial charge on any atom is 0.257 e. The van der Waals surface area contributed by atoms with E-state index < -0.39 is 0 Å². The van der Waals surface area contributed by atoms with E-state index in [1.54, 1.807) is 24.3 Å². The van der Waals surface area contributed by atoms with Crippen LogP contribution in [0.5, 0.6) is 5.75 Å². The largest absolute Gasteiger partial charge is 0.494 e. The molecule has 0 radical (unpaired) electrons. The third-order valence-corrected chi connectivity index (χ3v) is 4.03. The summed E-state index contributed by atoms with van der Waals surface area (Å²) in [4.78, 5) is 12.3. The van der Waals surface area contributed by atoms with Gasteiger partial charge in [0.05, 0.1) is 6.61 Å². The molecule has 0 aromatic heterocycles. The number of ether oxygens (including phenoxy) is 1. The fourth-order valence-electron chi connectivity index (χ4n) is 2.53. The summed E-state index contributed by atoms with van der Waals surface area (Å²) >= 11 is 5.25. The Hall–Kier alpha value is -2.92. The van der Waals surface area contributed by atoms with E-state index in [1.807, 2.05) is 49.4 Å². The molecular formula is C21H20N2O2S. The van der Waals surface area contributed by atoms with E-state index in [0.29, 0.717) is 12.2 Å². The molecule has 0 aliphatic rings. The van der Waals surface area contributed by atoms with Crippen molar-refractivity contribution >= 4 is 39.7 Å². The van der Waals surface area contributed by atoms with Crippen molar-refractivity contribution in [2.45, 2.75) is 13.3 Å². The number of hydrogen-bond donors (Lipinski definition) is 2. The van der Waals surface area contributed by atoms with Gasteiger partial charge in [0.25, 0.3) is 5.91 Å². The molecule has 5 heteroatoms. The second kappa shape index (κ2) is 8.45. The van der Waals surface area contributed by atoms with Crippen LogP contribution in [0.4, 0.5) is 5.69 Å². The summed E-state index contributed by atoms with van der Waals surface area (Å²) in [7, 11) is 0. The highest BCUT2D eigenvalue weighted by atomic mass is 32.1. The second-order valence-electron chi connectivity index (χ2n) is 5.84. The van der Waals surface area contributed by atoms with Gasteiger partial charge in [0.1, 0.15) is 5.75 Å². The number of hydrogen-bond acceptors (Lipinski definition) is 3. The van der Waals surface area contributed by atoms with Crippen molar-refractivity contribution in [2.75, 3.05) is 11.9 Å². The van der Waals surface area contributed by atoms with Gasteiger partial charge in [0, 0.05) is 11.3 Å². The van der Waals surface area contributed by atoms with Gasteiger partial charge in [-0.1, -0.05) is 37.3 Å². The van der Waals surface area contributed by atoms with Gasteiger partial charge < -0.3 is 10.1 Å². The van der Waals surface area contributed by atoms with Gasteiger partial charge >= 0.3 is 0 Å². The van der Waals surface area contributed by atoms with Crippen LogP contribution in [0.2, 0.25) is 0 Å². The summed E-state index contributed by atoms with van der Waals surface area (Å²) in [6, 6.07) is 21.0. The summed E-state index contributed by atoms with van der Waals surface area (Å²) in [5, 5.41) is 8.26. The molecule has 132 valence electrons. The van der Waals surface area contributed by atoms with Crippen molar-refractivity contribution in [3.8, 4) is 5.75 Å². The lowest BCUT2D eigenvalue weighted by Gasteiger charge is -2.11. The van der Waals surface area contributed by atoms with Gasteiger partial charge in [-0.15, -0.1) is 0 Å². The fourth-order valence-corrected chi connectivity index (χ4v) is 2.74. The van der Waals surface area contributed by atoms with E-state index in [0.717, 1.165) is 28.6 Å². The molecule has 0 bridgehead atoms. The number of fused-ring (bicyclic) bond motifs is 1. The zero-order valence-corrected chi connectivity index (χ0v) is 15.3. The number of carbonyl (C=O) groups excluding carboxylic acids is 1. The molecule has 0 heterocycles. The summed E-state index contributed by atoms with van der Waals surface area (Å²) < 4.78 is 5.52. The average Bonchev–Trinajstić information content (AvgIpc) is 2.66. The molecule has 0 aliphatic heterocycles. The zero-order valence-electron chi connectivity index (χ0n) is 14.5. The minimum Gasteiger partial charge on any atom is -0.494 e. The van der Waals surface area contributed by atoms with E-state index in [9.17, 15) is 4.79 Å². The van der Waals surface area contributed by atoms with E-state index in [-0.39, 0.29) is 11.0 Å². The molecule has 1 amide bonds. The molecule has 3 rings (SSSR count). The molecule has 3 aromatic carbocycles. The number of anilines is 1. The smallest absolute Gasteiger partial charge is 0.257 e. The van der Waals surface area contributed by atoms with Crippen molar-refractivity contribution in [1.29, 1.82) is 0 Å². The molecule has 0 saturated heterocycles. The highest BCUT2D eigenvalue weighted by Crippen LogP contribution is 2.19. The molecule has 0 saturated carbocycles. The lowest BCUT2D eigenvalue weighted by Crippen LogP contribution is -2.34. The van der Waals surface area contributed by atoms with Crippen LogP contribution >= 0.6 is 12.2 Å². The van der Waals surface area contributed by atoms with E-state index in [1.165, 1.54) is 0 Å². The monoisotopic (exact) mass is 364 g/mol. The molecule has 4 nitrogen and oxygen atoms in total. The van der Waals surface area contributed by atoms with Crippen LogP contribution in [-0.4, -0.2) is 17.6 Å². The summed E-state index contributed by atoms with van der Waals surface area (Å²) in [5.74, 6) is 0.491. The average molecular weight is 364 g/mol. The van der Waals surface area contributed by atoms with Gasteiger partial charge in [-0.25, -0.2) is 0 Å². The van der Waals surface area contributed by atoms with Gasteiger partial charge in [-0.2, -0.15) is 0 Å². The Labute approximate surface area is 158 Å². The molecule has 0 spiro atoms. The first-order valence-electron chi connectivity index (χ1n) is 8.49. The first kappa shape index (κ1) is 17.9. The Morgan fingerprint density at radius 2 is 1.73 bits per heavy atom. The highest BCUT2D eigenvalue weighted by molar-refractivity contribution is 7.80. The lowest BCUT2D eigenvalue weighted by molar-refractivity contribution is 0.0977. The molecule has 0 atom stereocenters. The number of thiocarbonyl (C=S) groups is 1. The standard InChI is InChI=1S/C21H20N2O2S/c1-2-13-25-19-11-8-16(9-12-19)20(24)23-21(26)22-18-10-7-15-5-3-4-6-17(15)14-18/h3-12,14H,2,13H2,1H3,(H2,22,23,24,26). The molecule has 0 unspecified atom stereocenters. The van der Waals surface area contributed by atoms with Crippen molar-refractivity contribution in [2.24, 2.45) is 0 Å². The Morgan fingerprint density at radius 1 is 1.00 bits per heavy atom. The summed E-state index contributed by atoms with van der Waals surface area (Å²) in [6.45, 7) is 2.70. The minimum absolute atomic E-state index is 0.259. The topological polar surface area (TPSA) is 50.4 Å². The Balaban J connectivity index is 1.60. The first-order valence-corrected chi connectivity index (χ1v) is 8.90. The van der Waals surface area contributed by atoms with Gasteiger partial charge in [-0.3, -0.25) is 10.1 Å². The van der Waals surface area contributed by atoms with Crippen LogP contribution in [0.25, 0.3) is 10.8 Å². The van der Waals surface area contributed by atoms with Crippen molar-refractivity contribution in [3.05, 3.63) is 72.3 Å². The van der Waals surface area contributed by atoms with E-state index in [2.05, 4.69) is 10.6 Å². The number of amides is 1. The predicted octanol–water partition coefficient (Wildman–Crippen LogP) is 4.76. The zero-order chi connectivity index (χ0) is 18.4. The highest BCUT2D eigenvalue weighted by Gasteiger charge is 2.08. The van der Waals surface area contributed by atoms with Gasteiger partial charge in [0.2, 0.25) is 0 Å². The first-order chi connectivity index (χ1) is 12.7. The van der Waals surface area contributed by atoms with Crippen molar-refractivity contribution in [1.82, 2.24) is 5.32 Å². The quantitative estimate of drug-likeness (QED) is 0.641. The maximum absolute atomic E-state index is 12.3. The molecule has 0 aliphatic carbocycles. The maximum atomic E-state index is 12.3. The second-order valence-corrected chi connectivity index (χ2v) is 6.25. The van der Waals surface area contributed by atoms with Crippen molar-refractivity contribution < 1.29 is 9.53 Å². The Bertz CT molecular complexity index is 923. The fraction of sp³-hybridized carbons (Fsp3) is 0.143. The van der Waals surface area contributed by atoms with Crippen LogP contribution < -0.4 is 15.4 Å². The van der Waals surface area contributed by atoms with E-state index >= 15 is 0 Å². The van der Waals surface area contributed by atoms with Crippen LogP contribution in [0.15, 0.2) is 66.7 Å². The third kappa shape index (κ3) is 4.58. The third-order valence-electron chi connectivity index (χ3n) is 3.82. The van der Waals surface area contributed by atoms with Crippen LogP contribution in [0.1, 0.15) is 23.7 Å². The SMILES string of the molecule is CCCOc1ccc(C(=O)NC(=S)Nc2ccc3ccccc3c2)cc1. The van der Waals surface area contributed by atoms with Crippen LogP contribution in [0, 0.1) is 0 Å². The predicted molar refractivity (Wildman–Crippen MR) is 110 cm³/mol. The number of nitrogens with one attached hydrogen (secondary N) is 2. The molecule has 2 N–H and O–H groups in total. The number of carbonyl (C=O) groups is 1. The lowest BCUT2D eigenvalue weighted by atomic mass is 10.1. The molecule has 0 fully saturated rings. The normalized spacial score (nSPS) is 10.3. The van der Waals surface area contributed by atoms with E-state index in [4.69, 9.17) is 17.0 Å². The van der Waals surface area contributed by atoms with Crippen molar-refractivity contribution in [3.63, 3.8) is 0 Å². The van der Waals surface area contributed by atoms with Gasteiger partial charge in [0.15, 0.2) is 5.11 Å². The molecule has 26 heavy (non-hydrogen) atoms. The number of benzene rings is 3. The Kier molecular flexibility index (Phi) is 5.81. The minimum atomic E-state index is -0.259. The molecule has 3 aromatic rings. The summed E-state index contributed by atoms with van der Waals surface area (Å²) in [5.41, 5.74) is 1.36. The summed E-state index contributed by atoms with van der Waals surface area (Å²) in [6.07, 6.45) is 0.941. The number of rotatable bonds is 5. The van der Waals surface area contributed by atoms with Crippen LogP contribution in [0.3, 0.4) is 0 Å².